The van der Waals surface area contributed by atoms with Crippen LogP contribution in [0, 0.1) is 0 Å². The van der Waals surface area contributed by atoms with Crippen LogP contribution in [-0.2, 0) is 9.47 Å². The number of methoxy groups -OCH3 is 1. The number of aromatic nitrogens is 1. The number of nitrogens with one attached hydrogen (secondary N) is 1. The molecule has 6 nitrogen and oxygen atoms in total. The molecule has 102 valence electrons. The van der Waals surface area contributed by atoms with E-state index in [2.05, 4.69) is 21.4 Å². The first-order valence-electron chi connectivity index (χ1n) is 5.85. The predicted octanol–water partition coefficient (Wildman–Crippen LogP) is 1.74. The first-order valence-corrected chi connectivity index (χ1v) is 6.63. The van der Waals surface area contributed by atoms with Crippen LogP contribution in [0.25, 0.3) is 0 Å². The monoisotopic (exact) mass is 273 g/mol. The second-order valence-electron chi connectivity index (χ2n) is 3.66. The summed E-state index contributed by atoms with van der Waals surface area (Å²) in [5.41, 5.74) is 5.94. The summed E-state index contributed by atoms with van der Waals surface area (Å²) in [6, 6.07) is 0. The zero-order chi connectivity index (χ0) is 13.4. The minimum Gasteiger partial charge on any atom is -0.465 e. The van der Waals surface area contributed by atoms with Crippen molar-refractivity contribution in [2.24, 2.45) is 0 Å². The first kappa shape index (κ1) is 14.7. The minimum absolute atomic E-state index is 0.205. The Kier molecular flexibility index (Phi) is 6.45. The van der Waals surface area contributed by atoms with Gasteiger partial charge in [0.25, 0.3) is 0 Å². The molecule has 0 saturated heterocycles. The molecule has 0 saturated carbocycles. The highest BCUT2D eigenvalue weighted by Gasteiger charge is 2.19. The maximum atomic E-state index is 11.5. The van der Waals surface area contributed by atoms with Gasteiger partial charge in [0.2, 0.25) is 0 Å². The SMILES string of the molecule is CCCOCCCNc1snc(N)c1C(=O)OC. The average molecular weight is 273 g/mol. The number of nitrogens with two attached hydrogens (primary N) is 1. The highest BCUT2D eigenvalue weighted by atomic mass is 32.1. The second kappa shape index (κ2) is 7.88. The van der Waals surface area contributed by atoms with Crippen molar-refractivity contribution < 1.29 is 14.3 Å². The summed E-state index contributed by atoms with van der Waals surface area (Å²) >= 11 is 1.16. The number of carbonyl (C=O) groups excluding carboxylic acids is 1. The standard InChI is InChI=1S/C11H19N3O3S/c1-3-6-17-7-4-5-13-10-8(11(15)16-2)9(12)14-18-10/h13H,3-7H2,1-2H3,(H2,12,14). The molecule has 0 unspecified atom stereocenters. The smallest absolute Gasteiger partial charge is 0.344 e. The molecule has 7 heteroatoms. The lowest BCUT2D eigenvalue weighted by molar-refractivity contribution is 0.0603. The molecule has 1 rings (SSSR count). The van der Waals surface area contributed by atoms with Crippen LogP contribution in [0.2, 0.25) is 0 Å². The number of rotatable bonds is 8. The van der Waals surface area contributed by atoms with Crippen LogP contribution in [0.5, 0.6) is 0 Å². The van der Waals surface area contributed by atoms with Gasteiger partial charge in [0.1, 0.15) is 10.6 Å². The van der Waals surface area contributed by atoms with Crippen molar-refractivity contribution in [2.75, 3.05) is 37.9 Å². The second-order valence-corrected chi connectivity index (χ2v) is 4.43. The normalized spacial score (nSPS) is 10.3. The van der Waals surface area contributed by atoms with E-state index in [-0.39, 0.29) is 5.82 Å². The van der Waals surface area contributed by atoms with E-state index in [0.717, 1.165) is 31.0 Å². The van der Waals surface area contributed by atoms with Gasteiger partial charge in [0.05, 0.1) is 7.11 Å². The minimum atomic E-state index is -0.467. The van der Waals surface area contributed by atoms with Crippen molar-refractivity contribution in [2.45, 2.75) is 19.8 Å². The van der Waals surface area contributed by atoms with E-state index in [0.29, 0.717) is 23.7 Å². The predicted molar refractivity (Wildman–Crippen MR) is 72.1 cm³/mol. The van der Waals surface area contributed by atoms with Crippen molar-refractivity contribution in [3.05, 3.63) is 5.56 Å². The molecular formula is C11H19N3O3S. The van der Waals surface area contributed by atoms with Crippen LogP contribution >= 0.6 is 11.5 Å². The number of nitrogens with zero attached hydrogens (tertiary/aromatic N) is 1. The summed E-state index contributed by atoms with van der Waals surface area (Å²) in [7, 11) is 1.32. The van der Waals surface area contributed by atoms with Crippen molar-refractivity contribution in [1.29, 1.82) is 0 Å². The Labute approximate surface area is 111 Å². The maximum absolute atomic E-state index is 11.5. The molecule has 0 fully saturated rings. The van der Waals surface area contributed by atoms with Crippen molar-refractivity contribution in [1.82, 2.24) is 4.37 Å². The van der Waals surface area contributed by atoms with Gasteiger partial charge in [-0.1, -0.05) is 6.92 Å². The van der Waals surface area contributed by atoms with Crippen molar-refractivity contribution >= 4 is 28.3 Å². The number of nitrogen functional groups attached to an aromatic ring is 1. The van der Waals surface area contributed by atoms with Gasteiger partial charge in [0.15, 0.2) is 5.82 Å². The Morgan fingerprint density at radius 1 is 1.50 bits per heavy atom. The molecule has 3 N–H and O–H groups in total. The average Bonchev–Trinajstić information content (AvgIpc) is 2.74. The molecule has 0 bridgehead atoms. The number of carbonyl (C=O) groups is 1. The lowest BCUT2D eigenvalue weighted by Gasteiger charge is -2.06. The molecular weight excluding hydrogens is 254 g/mol. The summed E-state index contributed by atoms with van der Waals surface area (Å²) in [4.78, 5) is 11.5. The number of ether oxygens (including phenoxy) is 2. The quantitative estimate of drug-likeness (QED) is 0.554. The molecule has 0 atom stereocenters. The summed E-state index contributed by atoms with van der Waals surface area (Å²) in [6.45, 7) is 4.25. The van der Waals surface area contributed by atoms with Gasteiger partial charge in [-0.15, -0.1) is 0 Å². The molecule has 0 amide bonds. The van der Waals surface area contributed by atoms with Gasteiger partial charge in [-0.2, -0.15) is 4.37 Å². The fourth-order valence-electron chi connectivity index (χ4n) is 1.34. The first-order chi connectivity index (χ1) is 8.70. The maximum Gasteiger partial charge on any atom is 0.344 e. The van der Waals surface area contributed by atoms with Gasteiger partial charge in [0, 0.05) is 19.8 Å². The number of hydrogen-bond donors (Lipinski definition) is 2. The number of anilines is 2. The molecule has 18 heavy (non-hydrogen) atoms. The third-order valence-corrected chi connectivity index (χ3v) is 3.03. The van der Waals surface area contributed by atoms with E-state index in [1.807, 2.05) is 0 Å². The van der Waals surface area contributed by atoms with Crippen LogP contribution in [-0.4, -0.2) is 37.2 Å². The Balaban J connectivity index is 2.40. The molecule has 1 aromatic heterocycles. The summed E-state index contributed by atoms with van der Waals surface area (Å²) < 4.78 is 14.0. The topological polar surface area (TPSA) is 86.5 Å². The molecule has 0 aliphatic heterocycles. The Hall–Kier alpha value is -1.34. The van der Waals surface area contributed by atoms with Crippen LogP contribution < -0.4 is 11.1 Å². The molecule has 0 aliphatic carbocycles. The van der Waals surface area contributed by atoms with Crippen molar-refractivity contribution in [3.63, 3.8) is 0 Å². The molecule has 0 aliphatic rings. The van der Waals surface area contributed by atoms with Crippen LogP contribution in [0.4, 0.5) is 10.8 Å². The molecule has 0 aromatic carbocycles. The fourth-order valence-corrected chi connectivity index (χ4v) is 2.07. The largest absolute Gasteiger partial charge is 0.465 e. The summed E-state index contributed by atoms with van der Waals surface area (Å²) in [6.07, 6.45) is 1.88. The third-order valence-electron chi connectivity index (χ3n) is 2.21. The van der Waals surface area contributed by atoms with E-state index in [1.165, 1.54) is 7.11 Å². The van der Waals surface area contributed by atoms with E-state index in [1.54, 1.807) is 0 Å². The Bertz CT molecular complexity index is 382. The summed E-state index contributed by atoms with van der Waals surface area (Å²) in [5.74, 6) is -0.262. The lowest BCUT2D eigenvalue weighted by Crippen LogP contribution is -2.10. The van der Waals surface area contributed by atoms with Gasteiger partial charge in [-0.25, -0.2) is 4.79 Å². The van der Waals surface area contributed by atoms with Gasteiger partial charge < -0.3 is 20.5 Å². The van der Waals surface area contributed by atoms with Gasteiger partial charge >= 0.3 is 5.97 Å². The molecule has 0 radical (unpaired) electrons. The Morgan fingerprint density at radius 2 is 2.28 bits per heavy atom. The van der Waals surface area contributed by atoms with E-state index in [9.17, 15) is 4.79 Å². The van der Waals surface area contributed by atoms with Gasteiger partial charge in [-0.05, 0) is 24.4 Å². The third kappa shape index (κ3) is 4.15. The fraction of sp³-hybridized carbons (Fsp3) is 0.636. The highest BCUT2D eigenvalue weighted by Crippen LogP contribution is 2.27. The van der Waals surface area contributed by atoms with Crippen LogP contribution in [0.3, 0.4) is 0 Å². The number of esters is 1. The highest BCUT2D eigenvalue weighted by molar-refractivity contribution is 7.11. The zero-order valence-electron chi connectivity index (χ0n) is 10.7. The molecule has 1 aromatic rings. The summed E-state index contributed by atoms with van der Waals surface area (Å²) in [5, 5.41) is 3.77. The van der Waals surface area contributed by atoms with Crippen molar-refractivity contribution in [3.8, 4) is 0 Å². The number of hydrogen-bond acceptors (Lipinski definition) is 7. The van der Waals surface area contributed by atoms with E-state index in [4.69, 9.17) is 10.5 Å². The van der Waals surface area contributed by atoms with E-state index < -0.39 is 5.97 Å². The Morgan fingerprint density at radius 3 is 2.94 bits per heavy atom. The van der Waals surface area contributed by atoms with Gasteiger partial charge in [-0.3, -0.25) is 0 Å². The van der Waals surface area contributed by atoms with E-state index >= 15 is 0 Å². The van der Waals surface area contributed by atoms with Crippen LogP contribution in [0.15, 0.2) is 0 Å². The molecule has 0 spiro atoms. The molecule has 1 heterocycles. The lowest BCUT2D eigenvalue weighted by atomic mass is 10.3. The van der Waals surface area contributed by atoms with Crippen LogP contribution in [0.1, 0.15) is 30.1 Å². The zero-order valence-corrected chi connectivity index (χ0v) is 11.5.